The quantitative estimate of drug-likeness (QED) is 0.480. The number of piperidine rings is 1. The minimum Gasteiger partial charge on any atom is -1.00 e. The van der Waals surface area contributed by atoms with Crippen LogP contribution in [0, 0.1) is 30.6 Å². The highest BCUT2D eigenvalue weighted by atomic mass is 35.5. The average molecular weight is 557 g/mol. The molecule has 6 rings (SSSR count). The summed E-state index contributed by atoms with van der Waals surface area (Å²) in [5, 5.41) is 3.79. The van der Waals surface area contributed by atoms with E-state index < -0.39 is 0 Å². The van der Waals surface area contributed by atoms with Crippen LogP contribution in [0.5, 0.6) is 0 Å². The van der Waals surface area contributed by atoms with E-state index in [2.05, 4.69) is 22.1 Å². The van der Waals surface area contributed by atoms with Gasteiger partial charge in [-0.2, -0.15) is 0 Å². The van der Waals surface area contributed by atoms with E-state index in [4.69, 9.17) is 0 Å². The van der Waals surface area contributed by atoms with Gasteiger partial charge in [-0.15, -0.1) is 0 Å². The summed E-state index contributed by atoms with van der Waals surface area (Å²) in [5.74, 6) is 3.27. The predicted octanol–water partition coefficient (Wildman–Crippen LogP) is -1.59. The molecule has 7 heteroatoms. The Labute approximate surface area is 235 Å². The van der Waals surface area contributed by atoms with Gasteiger partial charge in [0.15, 0.2) is 5.69 Å². The van der Waals surface area contributed by atoms with Crippen LogP contribution in [0.1, 0.15) is 105 Å². The van der Waals surface area contributed by atoms with Gasteiger partial charge in [0.05, 0.1) is 23.4 Å². The van der Waals surface area contributed by atoms with E-state index in [-0.39, 0.29) is 36.1 Å². The molecule has 4 atom stereocenters. The molecule has 1 amide bonds. The summed E-state index contributed by atoms with van der Waals surface area (Å²) in [6.45, 7) is 5.35. The maximum absolute atomic E-state index is 14.5. The van der Waals surface area contributed by atoms with E-state index in [0.29, 0.717) is 11.9 Å². The Kier molecular flexibility index (Phi) is 9.72. The Balaban J connectivity index is 0.00000152. The molecule has 1 aromatic rings. The number of halogens is 2. The zero-order valence-corrected chi connectivity index (χ0v) is 24.5. The van der Waals surface area contributed by atoms with Crippen LogP contribution in [0.15, 0.2) is 0 Å². The van der Waals surface area contributed by atoms with Crippen molar-refractivity contribution in [1.82, 2.24) is 4.90 Å². The van der Waals surface area contributed by atoms with Crippen molar-refractivity contribution in [3.63, 3.8) is 0 Å². The Bertz CT molecular complexity index is 882. The van der Waals surface area contributed by atoms with Crippen LogP contribution in [0.4, 0.5) is 0 Å². The highest BCUT2D eigenvalue weighted by molar-refractivity contribution is 7.11. The molecule has 3 heterocycles. The number of hydrogen-bond acceptors (Lipinski definition) is 2. The largest absolute Gasteiger partial charge is 1.00 e. The molecule has 36 heavy (non-hydrogen) atoms. The second-order valence-corrected chi connectivity index (χ2v) is 13.8. The first-order valence-electron chi connectivity index (χ1n) is 14.8. The van der Waals surface area contributed by atoms with E-state index in [9.17, 15) is 4.79 Å². The lowest BCUT2D eigenvalue weighted by Crippen LogP contribution is -3.00. The van der Waals surface area contributed by atoms with Crippen molar-refractivity contribution in [1.29, 1.82) is 0 Å². The minimum absolute atomic E-state index is 0. The summed E-state index contributed by atoms with van der Waals surface area (Å²) in [5.41, 5.74) is 1.53. The highest BCUT2D eigenvalue weighted by Gasteiger charge is 2.57. The van der Waals surface area contributed by atoms with Crippen LogP contribution in [0.2, 0.25) is 0 Å². The number of thiazole rings is 1. The number of likely N-dealkylation sites (tertiary alicyclic amines) is 1. The van der Waals surface area contributed by atoms with Gasteiger partial charge in [0.2, 0.25) is 10.9 Å². The van der Waals surface area contributed by atoms with Crippen LogP contribution in [-0.4, -0.2) is 36.5 Å². The number of quaternary nitrogens is 1. The molecule has 4 nitrogen and oxygen atoms in total. The van der Waals surface area contributed by atoms with Gasteiger partial charge in [-0.25, -0.2) is 4.98 Å². The molecule has 2 saturated heterocycles. The van der Waals surface area contributed by atoms with Gasteiger partial charge >= 0.3 is 0 Å². The Morgan fingerprint density at radius 3 is 2.36 bits per heavy atom. The van der Waals surface area contributed by atoms with Gasteiger partial charge < -0.3 is 35.0 Å². The molecule has 0 aromatic carbocycles. The third kappa shape index (κ3) is 5.25. The number of carbonyl (C=O) groups is 1. The standard InChI is InChI=1S/C29H45N3OS.2ClH/c1-20-31-25-13-8-15-29(27(25)34-20)19-30-18-24(29)28(33)32-16-14-23(21-9-4-2-5-10-21)17-26(32)22-11-6-3-7-12-22;;/h21-24,26,30H,2-19H2,1H3;2*1H/t23-,24+,26+,29-;;/m1../s1. The van der Waals surface area contributed by atoms with Crippen LogP contribution in [0.25, 0.3) is 0 Å². The number of nitrogens with zero attached hydrogens (tertiary/aromatic N) is 1. The van der Waals surface area contributed by atoms with Crippen LogP contribution < -0.4 is 35.1 Å². The molecule has 5 aliphatic rings. The Hall–Kier alpha value is -0.360. The summed E-state index contributed by atoms with van der Waals surface area (Å²) in [7, 11) is 0. The number of aromatic nitrogens is 1. The molecule has 2 saturated carbocycles. The second-order valence-electron chi connectivity index (χ2n) is 12.6. The maximum Gasteiger partial charge on any atom is 0.232 e. The van der Waals surface area contributed by atoms with Crippen LogP contribution in [0.3, 0.4) is 0 Å². The smallest absolute Gasteiger partial charge is 0.232 e. The normalized spacial score (nSPS) is 33.6. The zero-order chi connectivity index (χ0) is 23.1. The lowest BCUT2D eigenvalue weighted by atomic mass is 9.67. The average Bonchev–Trinajstić information content (AvgIpc) is 3.48. The van der Waals surface area contributed by atoms with Gasteiger partial charge in [-0.1, -0.05) is 62.7 Å². The van der Waals surface area contributed by atoms with Gasteiger partial charge in [0, 0.05) is 25.9 Å². The highest BCUT2D eigenvalue weighted by Crippen LogP contribution is 2.48. The molecule has 204 valence electrons. The van der Waals surface area contributed by atoms with Crippen molar-refractivity contribution in [3.8, 4) is 0 Å². The van der Waals surface area contributed by atoms with Crippen LogP contribution in [-0.2, 0) is 16.6 Å². The number of hydrogen-bond donors (Lipinski definition) is 1. The molecule has 3 aliphatic carbocycles. The van der Waals surface area contributed by atoms with Crippen molar-refractivity contribution in [2.45, 2.75) is 115 Å². The number of aryl methyl sites for hydroxylation is 2. The summed E-state index contributed by atoms with van der Waals surface area (Å²) >= 11 is 1.96. The molecule has 0 unspecified atom stereocenters. The number of H-pyrrole nitrogens is 1. The Morgan fingerprint density at radius 2 is 1.64 bits per heavy atom. The molecule has 3 N–H and O–H groups in total. The minimum atomic E-state index is 0. The van der Waals surface area contributed by atoms with E-state index in [1.165, 1.54) is 112 Å². The summed E-state index contributed by atoms with van der Waals surface area (Å²) < 4.78 is 0. The number of rotatable bonds is 3. The summed E-state index contributed by atoms with van der Waals surface area (Å²) in [6.07, 6.45) is 20.3. The number of fused-ring (bicyclic) bond motifs is 2. The Morgan fingerprint density at radius 1 is 0.944 bits per heavy atom. The van der Waals surface area contributed by atoms with Crippen molar-refractivity contribution in [2.24, 2.45) is 23.7 Å². The monoisotopic (exact) mass is 555 g/mol. The maximum atomic E-state index is 14.5. The van der Waals surface area contributed by atoms with Gasteiger partial charge in [0.25, 0.3) is 0 Å². The molecule has 1 aromatic heterocycles. The predicted molar refractivity (Wildman–Crippen MR) is 137 cm³/mol. The molecule has 0 radical (unpaired) electrons. The lowest BCUT2D eigenvalue weighted by Gasteiger charge is -2.48. The fraction of sp³-hybridized carbons (Fsp3) is 0.862. The second kappa shape index (κ2) is 12.2. The number of aromatic amines is 1. The van der Waals surface area contributed by atoms with Crippen molar-refractivity contribution < 1.29 is 39.9 Å². The first-order chi connectivity index (χ1) is 16.7. The zero-order valence-electron chi connectivity index (χ0n) is 22.2. The van der Waals surface area contributed by atoms with E-state index in [1.54, 1.807) is 0 Å². The molecular weight excluding hydrogens is 509 g/mol. The topological polar surface area (TPSA) is 51.1 Å². The third-order valence-electron chi connectivity index (χ3n) is 10.7. The molecular formula is C29H47Cl2N3OS. The van der Waals surface area contributed by atoms with E-state index >= 15 is 0 Å². The molecule has 4 fully saturated rings. The molecule has 1 spiro atoms. The third-order valence-corrected chi connectivity index (χ3v) is 12.0. The number of nitrogens with two attached hydrogens (primary N) is 1. The first-order valence-corrected chi connectivity index (χ1v) is 15.6. The number of amides is 1. The lowest BCUT2D eigenvalue weighted by molar-refractivity contribution is -0.640. The van der Waals surface area contributed by atoms with Crippen LogP contribution >= 0.6 is 11.3 Å². The number of nitrogens with one attached hydrogen (secondary N) is 1. The van der Waals surface area contributed by atoms with Crippen molar-refractivity contribution in [2.75, 3.05) is 19.6 Å². The fourth-order valence-corrected chi connectivity index (χ4v) is 10.3. The van der Waals surface area contributed by atoms with Gasteiger partial charge in [-0.3, -0.25) is 4.79 Å². The van der Waals surface area contributed by atoms with E-state index in [0.717, 1.165) is 37.4 Å². The number of carbonyl (C=O) groups excluding carboxylic acids is 1. The molecule has 2 aliphatic heterocycles. The van der Waals surface area contributed by atoms with Gasteiger partial charge in [-0.05, 0) is 56.3 Å². The summed E-state index contributed by atoms with van der Waals surface area (Å²) in [6, 6.07) is 0.519. The van der Waals surface area contributed by atoms with E-state index in [1.807, 2.05) is 11.3 Å². The first kappa shape index (κ1) is 28.6. The SMILES string of the molecule is Cc1[nH+]c2c(s1)[C@]1(CCC2)C[NH2+]C[C@H]1C(=O)N1CC[C@@H](C2CCCCC2)C[C@H]1C1CCCCC1.[Cl-].[Cl-]. The molecule has 0 bridgehead atoms. The summed E-state index contributed by atoms with van der Waals surface area (Å²) in [4.78, 5) is 22.2. The fourth-order valence-electron chi connectivity index (χ4n) is 9.02. The van der Waals surface area contributed by atoms with Gasteiger partial charge in [0.1, 0.15) is 5.92 Å². The van der Waals surface area contributed by atoms with Crippen molar-refractivity contribution >= 4 is 17.2 Å². The van der Waals surface area contributed by atoms with Crippen molar-refractivity contribution in [3.05, 3.63) is 15.6 Å².